The van der Waals surface area contributed by atoms with E-state index < -0.39 is 16.6 Å². The van der Waals surface area contributed by atoms with Crippen molar-refractivity contribution in [2.75, 3.05) is 7.11 Å². The van der Waals surface area contributed by atoms with Gasteiger partial charge in [-0.1, -0.05) is 0 Å². The SMILES string of the molecule is COc1ccc(-c2nc3c(c(=O)[nH]2)CS(=O)C3)cc1F. The molecule has 2 aromatic rings. The molecule has 5 nitrogen and oxygen atoms in total. The van der Waals surface area contributed by atoms with Gasteiger partial charge < -0.3 is 9.72 Å². The van der Waals surface area contributed by atoms with Gasteiger partial charge in [-0.2, -0.15) is 0 Å². The lowest BCUT2D eigenvalue weighted by Crippen LogP contribution is -2.15. The molecule has 0 amide bonds. The van der Waals surface area contributed by atoms with Gasteiger partial charge in [-0.15, -0.1) is 0 Å². The molecule has 1 atom stereocenters. The lowest BCUT2D eigenvalue weighted by Gasteiger charge is -2.06. The van der Waals surface area contributed by atoms with Crippen LogP contribution in [-0.4, -0.2) is 21.3 Å². The predicted octanol–water partition coefficient (Wildman–Crippen LogP) is 1.35. The summed E-state index contributed by atoms with van der Waals surface area (Å²) < 4.78 is 30.0. The quantitative estimate of drug-likeness (QED) is 0.907. The third kappa shape index (κ3) is 2.14. The van der Waals surface area contributed by atoms with Crippen LogP contribution < -0.4 is 10.3 Å². The van der Waals surface area contributed by atoms with Crippen LogP contribution in [0.25, 0.3) is 11.4 Å². The molecule has 1 aromatic heterocycles. The zero-order chi connectivity index (χ0) is 14.3. The number of methoxy groups -OCH3 is 1. The number of H-pyrrole nitrogens is 1. The summed E-state index contributed by atoms with van der Waals surface area (Å²) in [6.45, 7) is 0. The Bertz CT molecular complexity index is 773. The van der Waals surface area contributed by atoms with Gasteiger partial charge in [0.2, 0.25) is 0 Å². The normalized spacial score (nSPS) is 17.0. The Morgan fingerprint density at radius 3 is 2.90 bits per heavy atom. The van der Waals surface area contributed by atoms with E-state index in [0.29, 0.717) is 16.8 Å². The van der Waals surface area contributed by atoms with Crippen LogP contribution in [0, 0.1) is 5.82 Å². The van der Waals surface area contributed by atoms with E-state index in [1.807, 2.05) is 0 Å². The van der Waals surface area contributed by atoms with Gasteiger partial charge in [0.25, 0.3) is 5.56 Å². The Morgan fingerprint density at radius 2 is 2.20 bits per heavy atom. The first-order valence-electron chi connectivity index (χ1n) is 5.89. The summed E-state index contributed by atoms with van der Waals surface area (Å²) in [7, 11) is 0.298. The van der Waals surface area contributed by atoms with E-state index in [1.54, 1.807) is 6.07 Å². The molecule has 0 radical (unpaired) electrons. The van der Waals surface area contributed by atoms with Gasteiger partial charge in [0.05, 0.1) is 29.9 Å². The molecule has 0 fully saturated rings. The predicted molar refractivity (Wildman–Crippen MR) is 72.4 cm³/mol. The number of aromatic nitrogens is 2. The highest BCUT2D eigenvalue weighted by Gasteiger charge is 2.23. The number of hydrogen-bond donors (Lipinski definition) is 1. The van der Waals surface area contributed by atoms with E-state index in [1.165, 1.54) is 19.2 Å². The molecular formula is C13H11FN2O3S. The molecule has 3 rings (SSSR count). The van der Waals surface area contributed by atoms with Crippen LogP contribution in [0.5, 0.6) is 5.75 Å². The van der Waals surface area contributed by atoms with Crippen LogP contribution in [-0.2, 0) is 22.3 Å². The number of benzene rings is 1. The van der Waals surface area contributed by atoms with Crippen LogP contribution >= 0.6 is 0 Å². The second-order valence-corrected chi connectivity index (χ2v) is 5.87. The average molecular weight is 294 g/mol. The number of rotatable bonds is 2. The molecule has 0 bridgehead atoms. The van der Waals surface area contributed by atoms with Crippen LogP contribution in [0.1, 0.15) is 11.3 Å². The van der Waals surface area contributed by atoms with Gasteiger partial charge in [0, 0.05) is 16.4 Å². The van der Waals surface area contributed by atoms with Gasteiger partial charge in [0.15, 0.2) is 11.6 Å². The molecule has 1 unspecified atom stereocenters. The highest BCUT2D eigenvalue weighted by molar-refractivity contribution is 7.83. The van der Waals surface area contributed by atoms with Crippen LogP contribution in [0.15, 0.2) is 23.0 Å². The molecular weight excluding hydrogens is 283 g/mol. The highest BCUT2D eigenvalue weighted by Crippen LogP contribution is 2.24. The third-order valence-corrected chi connectivity index (χ3v) is 4.34. The zero-order valence-corrected chi connectivity index (χ0v) is 11.4. The van der Waals surface area contributed by atoms with Gasteiger partial charge in [0.1, 0.15) is 5.82 Å². The standard InChI is InChI=1S/C13H11FN2O3S/c1-19-11-3-2-7(4-9(11)14)12-15-10-6-20(18)5-8(10)13(17)16-12/h2-4H,5-6H2,1H3,(H,15,16,17). The van der Waals surface area contributed by atoms with Crippen molar-refractivity contribution in [1.82, 2.24) is 9.97 Å². The molecule has 1 aromatic carbocycles. The third-order valence-electron chi connectivity index (χ3n) is 3.13. The van der Waals surface area contributed by atoms with Crippen molar-refractivity contribution in [2.24, 2.45) is 0 Å². The van der Waals surface area contributed by atoms with Gasteiger partial charge >= 0.3 is 0 Å². The monoisotopic (exact) mass is 294 g/mol. The number of aromatic amines is 1. The minimum atomic E-state index is -1.08. The maximum atomic E-state index is 13.7. The van der Waals surface area contributed by atoms with Gasteiger partial charge in [-0.3, -0.25) is 9.00 Å². The smallest absolute Gasteiger partial charge is 0.255 e. The fraction of sp³-hybridized carbons (Fsp3) is 0.231. The molecule has 20 heavy (non-hydrogen) atoms. The number of hydrogen-bond acceptors (Lipinski definition) is 4. The molecule has 104 valence electrons. The summed E-state index contributed by atoms with van der Waals surface area (Å²) in [5.74, 6) is 0.365. The minimum Gasteiger partial charge on any atom is -0.494 e. The van der Waals surface area contributed by atoms with Crippen molar-refractivity contribution in [2.45, 2.75) is 11.5 Å². The number of nitrogens with zero attached hydrogens (tertiary/aromatic N) is 1. The molecule has 0 saturated carbocycles. The molecule has 1 N–H and O–H groups in total. The van der Waals surface area contributed by atoms with Crippen molar-refractivity contribution in [3.8, 4) is 17.1 Å². The zero-order valence-electron chi connectivity index (χ0n) is 10.6. The number of nitrogens with one attached hydrogen (secondary N) is 1. The molecule has 7 heteroatoms. The molecule has 1 aliphatic heterocycles. The summed E-state index contributed by atoms with van der Waals surface area (Å²) in [6.07, 6.45) is 0. The Morgan fingerprint density at radius 1 is 1.40 bits per heavy atom. The molecule has 0 aliphatic carbocycles. The van der Waals surface area contributed by atoms with Crippen LogP contribution in [0.2, 0.25) is 0 Å². The molecule has 0 saturated heterocycles. The van der Waals surface area contributed by atoms with E-state index in [4.69, 9.17) is 4.74 Å². The molecule has 2 heterocycles. The lowest BCUT2D eigenvalue weighted by atomic mass is 10.2. The first kappa shape index (κ1) is 13.0. The molecule has 0 spiro atoms. The average Bonchev–Trinajstić information content (AvgIpc) is 2.79. The summed E-state index contributed by atoms with van der Waals surface area (Å²) in [6, 6.07) is 4.32. The number of ether oxygens (including phenoxy) is 1. The Balaban J connectivity index is 2.10. The fourth-order valence-electron chi connectivity index (χ4n) is 2.13. The second-order valence-electron chi connectivity index (χ2n) is 4.42. The first-order valence-corrected chi connectivity index (χ1v) is 7.38. The largest absolute Gasteiger partial charge is 0.494 e. The van der Waals surface area contributed by atoms with Gasteiger partial charge in [-0.25, -0.2) is 9.37 Å². The van der Waals surface area contributed by atoms with Crippen LogP contribution in [0.3, 0.4) is 0 Å². The summed E-state index contributed by atoms with van der Waals surface area (Å²) >= 11 is 0. The molecule has 1 aliphatic rings. The Hall–Kier alpha value is -2.02. The Kier molecular flexibility index (Phi) is 3.13. The van der Waals surface area contributed by atoms with Crippen molar-refractivity contribution < 1.29 is 13.3 Å². The van der Waals surface area contributed by atoms with E-state index in [-0.39, 0.29) is 28.6 Å². The van der Waals surface area contributed by atoms with E-state index in [0.717, 1.165) is 0 Å². The van der Waals surface area contributed by atoms with Gasteiger partial charge in [-0.05, 0) is 18.2 Å². The van der Waals surface area contributed by atoms with Crippen molar-refractivity contribution >= 4 is 10.8 Å². The lowest BCUT2D eigenvalue weighted by molar-refractivity contribution is 0.386. The van der Waals surface area contributed by atoms with E-state index in [9.17, 15) is 13.4 Å². The second kappa shape index (κ2) is 4.82. The van der Waals surface area contributed by atoms with E-state index >= 15 is 0 Å². The van der Waals surface area contributed by atoms with Crippen molar-refractivity contribution in [3.05, 3.63) is 45.6 Å². The maximum absolute atomic E-state index is 13.7. The van der Waals surface area contributed by atoms with Crippen molar-refractivity contribution in [1.29, 1.82) is 0 Å². The Labute approximate surface area is 116 Å². The minimum absolute atomic E-state index is 0.123. The maximum Gasteiger partial charge on any atom is 0.255 e. The first-order chi connectivity index (χ1) is 9.58. The summed E-state index contributed by atoms with van der Waals surface area (Å²) in [5, 5.41) is 0. The summed E-state index contributed by atoms with van der Waals surface area (Å²) in [4.78, 5) is 18.8. The number of fused-ring (bicyclic) bond motifs is 1. The fourth-order valence-corrected chi connectivity index (χ4v) is 3.39. The highest BCUT2D eigenvalue weighted by atomic mass is 32.2. The number of halogens is 1. The summed E-state index contributed by atoms with van der Waals surface area (Å²) in [5.41, 5.74) is 1.12. The van der Waals surface area contributed by atoms with Crippen molar-refractivity contribution in [3.63, 3.8) is 0 Å². The van der Waals surface area contributed by atoms with Crippen LogP contribution in [0.4, 0.5) is 4.39 Å². The van der Waals surface area contributed by atoms with E-state index in [2.05, 4.69) is 9.97 Å². The topological polar surface area (TPSA) is 72.0 Å².